The molecule has 0 saturated carbocycles. The van der Waals surface area contributed by atoms with E-state index < -0.39 is 15.8 Å². The fourth-order valence-electron chi connectivity index (χ4n) is 3.40. The largest absolute Gasteiger partial charge is 0.492 e. The molecule has 0 atom stereocenters. The minimum atomic E-state index is -3.91. The summed E-state index contributed by atoms with van der Waals surface area (Å²) in [4.78, 5) is -0.0864. The Morgan fingerprint density at radius 2 is 1.81 bits per heavy atom. The number of sulfonamides is 1. The van der Waals surface area contributed by atoms with Gasteiger partial charge in [0.1, 0.15) is 24.0 Å². The standard InChI is InChI=1S/C23H20ClF2NO4S/c24-20-12-19(6-7-22(20)26)32(28,29)27-9-10-31-23-8-5-16(11-18(23)13-27)14-30-15-17-3-1-2-4-21(17)25/h1-8,11-12H,9-10,13-15H2. The van der Waals surface area contributed by atoms with Crippen LogP contribution in [0.1, 0.15) is 16.7 Å². The van der Waals surface area contributed by atoms with E-state index in [-0.39, 0.29) is 48.6 Å². The highest BCUT2D eigenvalue weighted by atomic mass is 35.5. The van der Waals surface area contributed by atoms with Gasteiger partial charge >= 0.3 is 0 Å². The van der Waals surface area contributed by atoms with Crippen molar-refractivity contribution in [3.05, 3.63) is 94.0 Å². The molecule has 9 heteroatoms. The summed E-state index contributed by atoms with van der Waals surface area (Å²) >= 11 is 5.78. The average molecular weight is 480 g/mol. The summed E-state index contributed by atoms with van der Waals surface area (Å²) in [6.45, 7) is 0.719. The maximum atomic E-state index is 13.7. The predicted octanol–water partition coefficient (Wildman–Crippen LogP) is 4.92. The number of hydrogen-bond acceptors (Lipinski definition) is 4. The number of fused-ring (bicyclic) bond motifs is 1. The number of hydrogen-bond donors (Lipinski definition) is 0. The van der Waals surface area contributed by atoms with Crippen molar-refractivity contribution in [2.75, 3.05) is 13.2 Å². The summed E-state index contributed by atoms with van der Waals surface area (Å²) in [6, 6.07) is 15.1. The van der Waals surface area contributed by atoms with Crippen molar-refractivity contribution in [2.45, 2.75) is 24.7 Å². The van der Waals surface area contributed by atoms with Gasteiger partial charge in [-0.15, -0.1) is 0 Å². The second kappa shape index (κ2) is 9.54. The molecule has 0 amide bonds. The minimum absolute atomic E-state index is 0.0772. The number of benzene rings is 3. The molecule has 5 nitrogen and oxygen atoms in total. The van der Waals surface area contributed by atoms with Crippen molar-refractivity contribution in [1.29, 1.82) is 0 Å². The molecule has 0 N–H and O–H groups in total. The number of rotatable bonds is 6. The SMILES string of the molecule is O=S(=O)(c1ccc(F)c(Cl)c1)N1CCOc2ccc(COCc3ccccc3F)cc2C1. The Kier molecular flexibility index (Phi) is 6.76. The lowest BCUT2D eigenvalue weighted by molar-refractivity contribution is 0.105. The maximum absolute atomic E-state index is 13.7. The van der Waals surface area contributed by atoms with E-state index in [2.05, 4.69) is 0 Å². The van der Waals surface area contributed by atoms with Crippen LogP contribution < -0.4 is 4.74 Å². The van der Waals surface area contributed by atoms with Gasteiger partial charge in [-0.1, -0.05) is 35.9 Å². The van der Waals surface area contributed by atoms with Crippen molar-refractivity contribution in [3.8, 4) is 5.75 Å². The zero-order chi connectivity index (χ0) is 22.7. The molecule has 4 rings (SSSR count). The van der Waals surface area contributed by atoms with Crippen LogP contribution in [0.5, 0.6) is 5.75 Å². The lowest BCUT2D eigenvalue weighted by Gasteiger charge is -2.20. The van der Waals surface area contributed by atoms with Crippen LogP contribution in [0.4, 0.5) is 8.78 Å². The Bertz CT molecular complexity index is 1240. The molecular formula is C23H20ClF2NO4S. The molecule has 32 heavy (non-hydrogen) atoms. The first-order chi connectivity index (χ1) is 15.3. The van der Waals surface area contributed by atoms with Crippen LogP contribution in [0.3, 0.4) is 0 Å². The normalized spacial score (nSPS) is 14.5. The van der Waals surface area contributed by atoms with Gasteiger partial charge < -0.3 is 9.47 Å². The van der Waals surface area contributed by atoms with E-state index in [1.54, 1.807) is 24.3 Å². The van der Waals surface area contributed by atoms with E-state index in [1.807, 2.05) is 12.1 Å². The van der Waals surface area contributed by atoms with E-state index >= 15 is 0 Å². The van der Waals surface area contributed by atoms with Gasteiger partial charge in [-0.2, -0.15) is 4.31 Å². The Morgan fingerprint density at radius 3 is 2.59 bits per heavy atom. The van der Waals surface area contributed by atoms with Gasteiger partial charge in [-0.25, -0.2) is 17.2 Å². The quantitative estimate of drug-likeness (QED) is 0.503. The molecule has 1 aliphatic rings. The third-order valence-electron chi connectivity index (χ3n) is 5.08. The summed E-state index contributed by atoms with van der Waals surface area (Å²) in [6.07, 6.45) is 0. The lowest BCUT2D eigenvalue weighted by atomic mass is 10.1. The zero-order valence-electron chi connectivity index (χ0n) is 16.9. The smallest absolute Gasteiger partial charge is 0.243 e. The summed E-state index contributed by atoms with van der Waals surface area (Å²) < 4.78 is 66.0. The molecule has 0 spiro atoms. The molecule has 0 aliphatic carbocycles. The Hall–Kier alpha value is -2.52. The molecule has 3 aromatic carbocycles. The average Bonchev–Trinajstić information content (AvgIpc) is 2.99. The topological polar surface area (TPSA) is 55.8 Å². The third-order valence-corrected chi connectivity index (χ3v) is 7.21. The zero-order valence-corrected chi connectivity index (χ0v) is 18.5. The Morgan fingerprint density at radius 1 is 1.00 bits per heavy atom. The first kappa shape index (κ1) is 22.7. The van der Waals surface area contributed by atoms with Crippen molar-refractivity contribution in [3.63, 3.8) is 0 Å². The molecule has 0 unspecified atom stereocenters. The van der Waals surface area contributed by atoms with Gasteiger partial charge in [0.2, 0.25) is 10.0 Å². The van der Waals surface area contributed by atoms with Gasteiger partial charge in [0.05, 0.1) is 23.1 Å². The monoisotopic (exact) mass is 479 g/mol. The third kappa shape index (κ3) is 4.94. The molecule has 1 heterocycles. The molecule has 1 aliphatic heterocycles. The summed E-state index contributed by atoms with van der Waals surface area (Å²) in [5, 5.41) is -0.258. The highest BCUT2D eigenvalue weighted by molar-refractivity contribution is 7.89. The Labute approximate surface area is 190 Å². The summed E-state index contributed by atoms with van der Waals surface area (Å²) in [5.74, 6) is -0.433. The first-order valence-corrected chi connectivity index (χ1v) is 11.7. The van der Waals surface area contributed by atoms with Gasteiger partial charge in [0.15, 0.2) is 0 Å². The van der Waals surface area contributed by atoms with Crippen LogP contribution in [0.25, 0.3) is 0 Å². The highest BCUT2D eigenvalue weighted by Gasteiger charge is 2.28. The highest BCUT2D eigenvalue weighted by Crippen LogP contribution is 2.29. The van der Waals surface area contributed by atoms with Crippen molar-refractivity contribution >= 4 is 21.6 Å². The van der Waals surface area contributed by atoms with Crippen LogP contribution in [0.2, 0.25) is 5.02 Å². The first-order valence-electron chi connectivity index (χ1n) is 9.85. The molecule has 3 aromatic rings. The predicted molar refractivity (Wildman–Crippen MR) is 116 cm³/mol. The van der Waals surface area contributed by atoms with E-state index in [0.29, 0.717) is 16.9 Å². The van der Waals surface area contributed by atoms with Crippen LogP contribution in [-0.2, 0) is 34.5 Å². The molecule has 0 radical (unpaired) electrons. The van der Waals surface area contributed by atoms with Crippen LogP contribution >= 0.6 is 11.6 Å². The van der Waals surface area contributed by atoms with Gasteiger partial charge in [-0.05, 0) is 42.0 Å². The molecule has 0 fully saturated rings. The van der Waals surface area contributed by atoms with Crippen LogP contribution in [0, 0.1) is 11.6 Å². The van der Waals surface area contributed by atoms with E-state index in [0.717, 1.165) is 17.7 Å². The number of nitrogens with zero attached hydrogens (tertiary/aromatic N) is 1. The molecule has 168 valence electrons. The fourth-order valence-corrected chi connectivity index (χ4v) is 5.07. The Balaban J connectivity index is 1.50. The van der Waals surface area contributed by atoms with Crippen molar-refractivity contribution < 1.29 is 26.7 Å². The minimum Gasteiger partial charge on any atom is -0.492 e. The molecule has 0 bridgehead atoms. The summed E-state index contributed by atoms with van der Waals surface area (Å²) in [7, 11) is -3.91. The number of ether oxygens (including phenoxy) is 2. The second-order valence-corrected chi connectivity index (χ2v) is 9.63. The lowest BCUT2D eigenvalue weighted by Crippen LogP contribution is -2.32. The van der Waals surface area contributed by atoms with Crippen molar-refractivity contribution in [1.82, 2.24) is 4.31 Å². The molecule has 0 saturated heterocycles. The van der Waals surface area contributed by atoms with Gasteiger partial charge in [0.25, 0.3) is 0 Å². The molecule has 0 aromatic heterocycles. The van der Waals surface area contributed by atoms with E-state index in [1.165, 1.54) is 16.4 Å². The van der Waals surface area contributed by atoms with Gasteiger partial charge in [0, 0.05) is 24.2 Å². The van der Waals surface area contributed by atoms with E-state index in [4.69, 9.17) is 21.1 Å². The number of halogens is 3. The van der Waals surface area contributed by atoms with E-state index in [9.17, 15) is 17.2 Å². The fraction of sp³-hybridized carbons (Fsp3) is 0.217. The second-order valence-electron chi connectivity index (χ2n) is 7.29. The van der Waals surface area contributed by atoms with Crippen molar-refractivity contribution in [2.24, 2.45) is 0 Å². The van der Waals surface area contributed by atoms with Crippen LogP contribution in [0.15, 0.2) is 65.6 Å². The van der Waals surface area contributed by atoms with Crippen LogP contribution in [-0.4, -0.2) is 25.9 Å². The summed E-state index contributed by atoms with van der Waals surface area (Å²) in [5.41, 5.74) is 1.93. The molecular weight excluding hydrogens is 460 g/mol. The maximum Gasteiger partial charge on any atom is 0.243 e. The van der Waals surface area contributed by atoms with Gasteiger partial charge in [-0.3, -0.25) is 0 Å².